The first-order valence-electron chi connectivity index (χ1n) is 9.17. The minimum Gasteiger partial charge on any atom is -0.376 e. The standard InChI is InChI=1S/C20H18ClN3O4S/c1-12-8-14(21)10-17-18(12)22-20(29-17)23(11-16-6-3-7-28-16)19(25)13-4-2-5-15(9-13)24(26)27/h2,4-5,8-10,16H,3,6-7,11H2,1H3. The molecule has 1 amide bonds. The van der Waals surface area contributed by atoms with Gasteiger partial charge in [0.2, 0.25) is 0 Å². The van der Waals surface area contributed by atoms with Crippen LogP contribution in [0.5, 0.6) is 0 Å². The highest BCUT2D eigenvalue weighted by molar-refractivity contribution is 7.22. The lowest BCUT2D eigenvalue weighted by Crippen LogP contribution is -2.37. The number of amides is 1. The molecular formula is C20H18ClN3O4S. The SMILES string of the molecule is Cc1cc(Cl)cc2sc(N(CC3CCCO3)C(=O)c3cccc([N+](=O)[O-])c3)nc12. The van der Waals surface area contributed by atoms with Crippen molar-refractivity contribution >= 4 is 49.9 Å². The van der Waals surface area contributed by atoms with E-state index in [1.165, 1.54) is 29.5 Å². The van der Waals surface area contributed by atoms with Gasteiger partial charge in [-0.25, -0.2) is 4.98 Å². The number of carbonyl (C=O) groups excluding carboxylic acids is 1. The van der Waals surface area contributed by atoms with Gasteiger partial charge in [0.05, 0.1) is 27.8 Å². The maximum absolute atomic E-state index is 13.3. The zero-order valence-corrected chi connectivity index (χ0v) is 17.2. The van der Waals surface area contributed by atoms with Crippen LogP contribution in [0.4, 0.5) is 10.8 Å². The van der Waals surface area contributed by atoms with E-state index in [1.807, 2.05) is 19.1 Å². The van der Waals surface area contributed by atoms with Crippen molar-refractivity contribution in [1.29, 1.82) is 0 Å². The van der Waals surface area contributed by atoms with Crippen molar-refractivity contribution in [2.45, 2.75) is 25.9 Å². The quantitative estimate of drug-likeness (QED) is 0.419. The van der Waals surface area contributed by atoms with Crippen LogP contribution in [0.2, 0.25) is 5.02 Å². The molecule has 0 radical (unpaired) electrons. The van der Waals surface area contributed by atoms with Crippen molar-refractivity contribution in [2.75, 3.05) is 18.1 Å². The second-order valence-electron chi connectivity index (χ2n) is 6.92. The van der Waals surface area contributed by atoms with Crippen LogP contribution in [0.1, 0.15) is 28.8 Å². The summed E-state index contributed by atoms with van der Waals surface area (Å²) in [6, 6.07) is 9.41. The van der Waals surface area contributed by atoms with Gasteiger partial charge in [-0.15, -0.1) is 0 Å². The van der Waals surface area contributed by atoms with Gasteiger partial charge < -0.3 is 4.74 Å². The molecule has 1 aromatic heterocycles. The first kappa shape index (κ1) is 19.8. The summed E-state index contributed by atoms with van der Waals surface area (Å²) in [5.74, 6) is -0.341. The Bertz CT molecular complexity index is 1090. The predicted octanol–water partition coefficient (Wildman–Crippen LogP) is 4.99. The highest BCUT2D eigenvalue weighted by Crippen LogP contribution is 2.34. The number of carbonyl (C=O) groups is 1. The molecule has 9 heteroatoms. The molecule has 29 heavy (non-hydrogen) atoms. The summed E-state index contributed by atoms with van der Waals surface area (Å²) < 4.78 is 6.61. The summed E-state index contributed by atoms with van der Waals surface area (Å²) in [4.78, 5) is 30.2. The number of nitro benzene ring substituents is 1. The molecule has 1 unspecified atom stereocenters. The molecule has 1 atom stereocenters. The maximum atomic E-state index is 13.3. The number of nitrogens with zero attached hydrogens (tertiary/aromatic N) is 3. The Morgan fingerprint density at radius 3 is 2.97 bits per heavy atom. The molecule has 0 aliphatic carbocycles. The maximum Gasteiger partial charge on any atom is 0.270 e. The largest absolute Gasteiger partial charge is 0.376 e. The summed E-state index contributed by atoms with van der Waals surface area (Å²) in [7, 11) is 0. The molecule has 1 saturated heterocycles. The highest BCUT2D eigenvalue weighted by atomic mass is 35.5. The molecule has 2 aromatic carbocycles. The van der Waals surface area contributed by atoms with Crippen molar-refractivity contribution in [1.82, 2.24) is 4.98 Å². The van der Waals surface area contributed by atoms with E-state index in [0.29, 0.717) is 23.3 Å². The summed E-state index contributed by atoms with van der Waals surface area (Å²) >= 11 is 7.54. The van der Waals surface area contributed by atoms with Gasteiger partial charge >= 0.3 is 0 Å². The van der Waals surface area contributed by atoms with Gasteiger partial charge in [0.25, 0.3) is 11.6 Å². The number of hydrogen-bond acceptors (Lipinski definition) is 6. The molecule has 3 aromatic rings. The van der Waals surface area contributed by atoms with Crippen molar-refractivity contribution in [3.63, 3.8) is 0 Å². The van der Waals surface area contributed by atoms with E-state index >= 15 is 0 Å². The lowest BCUT2D eigenvalue weighted by atomic mass is 10.1. The van der Waals surface area contributed by atoms with Crippen LogP contribution in [-0.2, 0) is 4.74 Å². The lowest BCUT2D eigenvalue weighted by Gasteiger charge is -2.23. The second-order valence-corrected chi connectivity index (χ2v) is 8.37. The Hall–Kier alpha value is -2.55. The van der Waals surface area contributed by atoms with Gasteiger partial charge in [-0.05, 0) is 43.5 Å². The molecule has 0 spiro atoms. The fourth-order valence-electron chi connectivity index (χ4n) is 3.41. The molecule has 0 saturated carbocycles. The normalized spacial score (nSPS) is 16.3. The average molecular weight is 432 g/mol. The van der Waals surface area contributed by atoms with Crippen LogP contribution in [0.25, 0.3) is 10.2 Å². The lowest BCUT2D eigenvalue weighted by molar-refractivity contribution is -0.384. The number of non-ortho nitro benzene ring substituents is 1. The minimum absolute atomic E-state index is 0.0886. The molecule has 1 aliphatic rings. The van der Waals surface area contributed by atoms with Gasteiger partial charge in [-0.3, -0.25) is 19.8 Å². The molecule has 1 aliphatic heterocycles. The fourth-order valence-corrected chi connectivity index (χ4v) is 4.83. The Balaban J connectivity index is 1.75. The highest BCUT2D eigenvalue weighted by Gasteiger charge is 2.28. The number of halogens is 1. The number of aryl methyl sites for hydroxylation is 1. The zero-order chi connectivity index (χ0) is 20.5. The molecule has 150 valence electrons. The van der Waals surface area contributed by atoms with E-state index in [2.05, 4.69) is 4.98 Å². The number of hydrogen-bond donors (Lipinski definition) is 0. The van der Waals surface area contributed by atoms with Crippen LogP contribution in [0.3, 0.4) is 0 Å². The van der Waals surface area contributed by atoms with Gasteiger partial charge in [0, 0.05) is 29.3 Å². The summed E-state index contributed by atoms with van der Waals surface area (Å²) in [5.41, 5.74) is 1.83. The molecule has 4 rings (SSSR count). The summed E-state index contributed by atoms with van der Waals surface area (Å²) in [5, 5.41) is 12.3. The van der Waals surface area contributed by atoms with E-state index < -0.39 is 4.92 Å². The third-order valence-corrected chi connectivity index (χ3v) is 6.07. The zero-order valence-electron chi connectivity index (χ0n) is 15.6. The smallest absolute Gasteiger partial charge is 0.270 e. The van der Waals surface area contributed by atoms with Gasteiger partial charge in [-0.2, -0.15) is 0 Å². The van der Waals surface area contributed by atoms with E-state index in [9.17, 15) is 14.9 Å². The Kier molecular flexibility index (Phi) is 5.49. The molecular weight excluding hydrogens is 414 g/mol. The number of anilines is 1. The van der Waals surface area contributed by atoms with Crippen molar-refractivity contribution < 1.29 is 14.5 Å². The van der Waals surface area contributed by atoms with E-state index in [4.69, 9.17) is 16.3 Å². The van der Waals surface area contributed by atoms with Crippen molar-refractivity contribution in [3.05, 3.63) is 62.7 Å². The first-order chi connectivity index (χ1) is 13.9. The van der Waals surface area contributed by atoms with Crippen LogP contribution in [-0.4, -0.2) is 35.1 Å². The van der Waals surface area contributed by atoms with E-state index in [1.54, 1.807) is 11.0 Å². The number of nitro groups is 1. The number of rotatable bonds is 5. The Morgan fingerprint density at radius 2 is 2.24 bits per heavy atom. The monoisotopic (exact) mass is 431 g/mol. The molecule has 1 fully saturated rings. The fraction of sp³-hybridized carbons (Fsp3) is 0.300. The minimum atomic E-state index is -0.510. The third-order valence-electron chi connectivity index (χ3n) is 4.83. The first-order valence-corrected chi connectivity index (χ1v) is 10.4. The van der Waals surface area contributed by atoms with E-state index in [-0.39, 0.29) is 23.3 Å². The molecule has 7 nitrogen and oxygen atoms in total. The Labute approximate surface area is 176 Å². The molecule has 2 heterocycles. The van der Waals surface area contributed by atoms with Crippen LogP contribution in [0, 0.1) is 17.0 Å². The van der Waals surface area contributed by atoms with Crippen molar-refractivity contribution in [3.8, 4) is 0 Å². The number of thiazole rings is 1. The summed E-state index contributed by atoms with van der Waals surface area (Å²) in [6.45, 7) is 2.93. The number of fused-ring (bicyclic) bond motifs is 1. The predicted molar refractivity (Wildman–Crippen MR) is 113 cm³/mol. The Morgan fingerprint density at radius 1 is 1.41 bits per heavy atom. The van der Waals surface area contributed by atoms with E-state index in [0.717, 1.165) is 28.6 Å². The average Bonchev–Trinajstić information content (AvgIpc) is 3.35. The number of benzene rings is 2. The topological polar surface area (TPSA) is 85.6 Å². The van der Waals surface area contributed by atoms with Crippen molar-refractivity contribution in [2.24, 2.45) is 0 Å². The van der Waals surface area contributed by atoms with Gasteiger partial charge in [0.15, 0.2) is 5.13 Å². The second kappa shape index (κ2) is 8.06. The number of ether oxygens (including phenoxy) is 1. The summed E-state index contributed by atoms with van der Waals surface area (Å²) in [6.07, 6.45) is 1.71. The molecule has 0 bridgehead atoms. The molecule has 0 N–H and O–H groups in total. The van der Waals surface area contributed by atoms with Gasteiger partial charge in [0.1, 0.15) is 0 Å². The third kappa shape index (κ3) is 4.10. The number of aromatic nitrogens is 1. The van der Waals surface area contributed by atoms with Crippen LogP contribution < -0.4 is 4.90 Å². The van der Waals surface area contributed by atoms with Crippen LogP contribution >= 0.6 is 22.9 Å². The van der Waals surface area contributed by atoms with Gasteiger partial charge in [-0.1, -0.05) is 29.0 Å². The van der Waals surface area contributed by atoms with Crippen LogP contribution in [0.15, 0.2) is 36.4 Å².